The molecule has 1 heterocycles. The summed E-state index contributed by atoms with van der Waals surface area (Å²) < 4.78 is 69.7. The normalized spacial score (nSPS) is 19.2. The largest absolute Gasteiger partial charge is 0.419 e. The van der Waals surface area contributed by atoms with E-state index in [1.807, 2.05) is 0 Å². The Kier molecular flexibility index (Phi) is 5.40. The van der Waals surface area contributed by atoms with Crippen LogP contribution in [0.2, 0.25) is 0 Å². The average Bonchev–Trinajstić information content (AvgIpc) is 2.97. The van der Waals surface area contributed by atoms with Crippen LogP contribution in [0.25, 0.3) is 0 Å². The Hall–Kier alpha value is -1.90. The highest BCUT2D eigenvalue weighted by molar-refractivity contribution is 5.77. The highest BCUT2D eigenvalue weighted by Crippen LogP contribution is 2.32. The first kappa shape index (κ1) is 17.5. The van der Waals surface area contributed by atoms with Gasteiger partial charge in [-0.1, -0.05) is 0 Å². The third-order valence-corrected chi connectivity index (χ3v) is 3.40. The Bertz CT molecular complexity index is 583. The average molecular weight is 337 g/mol. The van der Waals surface area contributed by atoms with E-state index in [-0.39, 0.29) is 30.2 Å². The van der Waals surface area contributed by atoms with Crippen molar-refractivity contribution < 1.29 is 26.7 Å². The summed E-state index contributed by atoms with van der Waals surface area (Å²) in [4.78, 5) is 3.79. The Labute approximate surface area is 129 Å². The van der Waals surface area contributed by atoms with Crippen molar-refractivity contribution in [1.82, 2.24) is 5.32 Å². The minimum atomic E-state index is -4.95. The maximum atomic E-state index is 13.6. The fourth-order valence-corrected chi connectivity index (χ4v) is 2.18. The fourth-order valence-electron chi connectivity index (χ4n) is 2.18. The summed E-state index contributed by atoms with van der Waals surface area (Å²) in [7, 11) is 0. The highest BCUT2D eigenvalue weighted by atomic mass is 19.4. The molecule has 1 unspecified atom stereocenters. The standard InChI is InChI=1S/C14H16F5N3O/c15-11-5-10(14(17,18)19)12(16)4-8(11)6-21-13(20)22-7-9-2-1-3-23-9/h4-5,9H,1-3,6-7H2,(H3,20,21,22). The number of hydrogen-bond donors (Lipinski definition) is 2. The molecule has 1 saturated heterocycles. The molecule has 0 aromatic heterocycles. The van der Waals surface area contributed by atoms with E-state index in [1.54, 1.807) is 0 Å². The van der Waals surface area contributed by atoms with E-state index in [4.69, 9.17) is 10.5 Å². The summed E-state index contributed by atoms with van der Waals surface area (Å²) in [5, 5.41) is 2.77. The van der Waals surface area contributed by atoms with E-state index in [9.17, 15) is 22.0 Å². The Morgan fingerprint density at radius 2 is 2.04 bits per heavy atom. The van der Waals surface area contributed by atoms with Crippen LogP contribution in [0, 0.1) is 11.6 Å². The summed E-state index contributed by atoms with van der Waals surface area (Å²) in [5.41, 5.74) is 3.62. The zero-order valence-corrected chi connectivity index (χ0v) is 12.1. The molecule has 1 aliphatic heterocycles. The zero-order chi connectivity index (χ0) is 17.0. The van der Waals surface area contributed by atoms with Crippen molar-refractivity contribution in [1.29, 1.82) is 0 Å². The number of halogens is 5. The van der Waals surface area contributed by atoms with Gasteiger partial charge < -0.3 is 15.8 Å². The molecule has 0 bridgehead atoms. The summed E-state index contributed by atoms with van der Waals surface area (Å²) >= 11 is 0. The Morgan fingerprint density at radius 1 is 1.30 bits per heavy atom. The van der Waals surface area contributed by atoms with Gasteiger partial charge in [-0.15, -0.1) is 0 Å². The second-order valence-electron chi connectivity index (χ2n) is 5.14. The molecular weight excluding hydrogens is 321 g/mol. The number of nitrogens with one attached hydrogen (secondary N) is 1. The summed E-state index contributed by atoms with van der Waals surface area (Å²) in [6.07, 6.45) is -3.09. The minimum Gasteiger partial charge on any atom is -0.376 e. The second-order valence-corrected chi connectivity index (χ2v) is 5.14. The van der Waals surface area contributed by atoms with Crippen LogP contribution in [0.1, 0.15) is 24.0 Å². The number of nitrogens with two attached hydrogens (primary N) is 1. The van der Waals surface area contributed by atoms with Crippen LogP contribution >= 0.6 is 0 Å². The number of aliphatic imine (C=N–C) groups is 1. The van der Waals surface area contributed by atoms with Crippen molar-refractivity contribution in [2.75, 3.05) is 13.2 Å². The third kappa shape index (κ3) is 4.78. The van der Waals surface area contributed by atoms with Gasteiger partial charge in [0, 0.05) is 18.7 Å². The van der Waals surface area contributed by atoms with Crippen molar-refractivity contribution in [3.05, 3.63) is 34.9 Å². The van der Waals surface area contributed by atoms with Crippen LogP contribution in [0.3, 0.4) is 0 Å². The predicted octanol–water partition coefficient (Wildman–Crippen LogP) is 2.57. The van der Waals surface area contributed by atoms with Crippen LogP contribution in [0.15, 0.2) is 17.1 Å². The number of rotatable bonds is 4. The van der Waals surface area contributed by atoms with Gasteiger partial charge in [-0.2, -0.15) is 13.2 Å². The van der Waals surface area contributed by atoms with Crippen molar-refractivity contribution in [3.63, 3.8) is 0 Å². The van der Waals surface area contributed by atoms with Gasteiger partial charge in [0.1, 0.15) is 11.6 Å². The first-order valence-corrected chi connectivity index (χ1v) is 6.98. The molecule has 1 fully saturated rings. The number of nitrogens with zero attached hydrogens (tertiary/aromatic N) is 1. The molecule has 1 aromatic rings. The van der Waals surface area contributed by atoms with Gasteiger partial charge in [0.15, 0.2) is 5.96 Å². The highest BCUT2D eigenvalue weighted by Gasteiger charge is 2.35. The number of alkyl halides is 3. The summed E-state index contributed by atoms with van der Waals surface area (Å²) in [6, 6.07) is 0.602. The van der Waals surface area contributed by atoms with E-state index in [2.05, 4.69) is 10.3 Å². The maximum Gasteiger partial charge on any atom is 0.419 e. The first-order chi connectivity index (χ1) is 10.8. The Balaban J connectivity index is 1.99. The second kappa shape index (κ2) is 7.12. The van der Waals surface area contributed by atoms with Crippen LogP contribution in [0.4, 0.5) is 22.0 Å². The molecule has 3 N–H and O–H groups in total. The molecule has 0 amide bonds. The van der Waals surface area contributed by atoms with E-state index in [0.717, 1.165) is 12.8 Å². The van der Waals surface area contributed by atoms with E-state index >= 15 is 0 Å². The quantitative estimate of drug-likeness (QED) is 0.504. The minimum absolute atomic E-state index is 0.0137. The lowest BCUT2D eigenvalue weighted by Crippen LogP contribution is -2.37. The molecule has 0 aliphatic carbocycles. The van der Waals surface area contributed by atoms with Crippen LogP contribution < -0.4 is 11.1 Å². The number of guanidine groups is 1. The summed E-state index contributed by atoms with van der Waals surface area (Å²) in [6.45, 7) is 0.740. The van der Waals surface area contributed by atoms with Gasteiger partial charge in [-0.05, 0) is 25.0 Å². The van der Waals surface area contributed by atoms with Crippen molar-refractivity contribution >= 4 is 5.96 Å². The molecule has 2 rings (SSSR count). The molecule has 23 heavy (non-hydrogen) atoms. The number of hydrogen-bond acceptors (Lipinski definition) is 2. The fraction of sp³-hybridized carbons (Fsp3) is 0.500. The Morgan fingerprint density at radius 3 is 2.65 bits per heavy atom. The lowest BCUT2D eigenvalue weighted by molar-refractivity contribution is -0.140. The predicted molar refractivity (Wildman–Crippen MR) is 73.7 cm³/mol. The topological polar surface area (TPSA) is 59.6 Å². The first-order valence-electron chi connectivity index (χ1n) is 6.98. The molecule has 9 heteroatoms. The molecule has 1 aliphatic rings. The zero-order valence-electron chi connectivity index (χ0n) is 12.1. The van der Waals surface area contributed by atoms with Crippen LogP contribution in [-0.2, 0) is 17.5 Å². The molecule has 1 aromatic carbocycles. The van der Waals surface area contributed by atoms with E-state index < -0.39 is 23.4 Å². The smallest absolute Gasteiger partial charge is 0.376 e. The summed E-state index contributed by atoms with van der Waals surface area (Å²) in [5.74, 6) is -2.75. The third-order valence-electron chi connectivity index (χ3n) is 3.40. The molecule has 4 nitrogen and oxygen atoms in total. The SMILES string of the molecule is NC(=NCc1cc(F)c(C(F)(F)F)cc1F)NCC1CCCO1. The number of benzene rings is 1. The molecular formula is C14H16F5N3O. The van der Waals surface area contributed by atoms with Gasteiger partial charge >= 0.3 is 6.18 Å². The molecule has 128 valence electrons. The monoisotopic (exact) mass is 337 g/mol. The van der Waals surface area contributed by atoms with Gasteiger partial charge in [0.25, 0.3) is 0 Å². The number of ether oxygens (including phenoxy) is 1. The van der Waals surface area contributed by atoms with Gasteiger partial charge in [0.05, 0.1) is 18.2 Å². The van der Waals surface area contributed by atoms with Crippen molar-refractivity contribution in [3.8, 4) is 0 Å². The molecule has 0 spiro atoms. The van der Waals surface area contributed by atoms with E-state index in [0.29, 0.717) is 19.2 Å². The van der Waals surface area contributed by atoms with Crippen molar-refractivity contribution in [2.45, 2.75) is 31.7 Å². The van der Waals surface area contributed by atoms with Crippen molar-refractivity contribution in [2.24, 2.45) is 10.7 Å². The maximum absolute atomic E-state index is 13.6. The molecule has 0 saturated carbocycles. The molecule has 1 atom stereocenters. The lowest BCUT2D eigenvalue weighted by atomic mass is 10.1. The van der Waals surface area contributed by atoms with Gasteiger partial charge in [-0.25, -0.2) is 13.8 Å². The van der Waals surface area contributed by atoms with Gasteiger partial charge in [0.2, 0.25) is 0 Å². The van der Waals surface area contributed by atoms with Crippen LogP contribution in [-0.4, -0.2) is 25.2 Å². The van der Waals surface area contributed by atoms with E-state index in [1.165, 1.54) is 0 Å². The van der Waals surface area contributed by atoms with Gasteiger partial charge in [-0.3, -0.25) is 0 Å². The molecule has 0 radical (unpaired) electrons. The lowest BCUT2D eigenvalue weighted by Gasteiger charge is -2.12. The van der Waals surface area contributed by atoms with Crippen LogP contribution in [0.5, 0.6) is 0 Å².